The van der Waals surface area contributed by atoms with Crippen molar-refractivity contribution in [2.24, 2.45) is 7.05 Å². The van der Waals surface area contributed by atoms with Crippen LogP contribution in [0.15, 0.2) is 30.5 Å². The first-order valence-corrected chi connectivity index (χ1v) is 8.08. The van der Waals surface area contributed by atoms with E-state index in [0.717, 1.165) is 42.5 Å². The molecule has 0 unspecified atom stereocenters. The first-order valence-electron chi connectivity index (χ1n) is 8.08. The molecule has 0 N–H and O–H groups in total. The van der Waals surface area contributed by atoms with Crippen LogP contribution in [0.5, 0.6) is 0 Å². The minimum absolute atomic E-state index is 0.101. The Labute approximate surface area is 131 Å². The van der Waals surface area contributed by atoms with Crippen LogP contribution >= 0.6 is 0 Å². The van der Waals surface area contributed by atoms with E-state index < -0.39 is 0 Å². The molecule has 0 aliphatic carbocycles. The second-order valence-corrected chi connectivity index (χ2v) is 6.17. The normalized spacial score (nSPS) is 18.0. The summed E-state index contributed by atoms with van der Waals surface area (Å²) in [5, 5.41) is 1.03. The lowest BCUT2D eigenvalue weighted by Crippen LogP contribution is -2.28. The molecule has 1 amide bonds. The maximum absolute atomic E-state index is 12.7. The number of aryl methyl sites for hydroxylation is 1. The second-order valence-electron chi connectivity index (χ2n) is 6.17. The fraction of sp³-hybridized carbons (Fsp3) is 0.500. The van der Waals surface area contributed by atoms with E-state index in [9.17, 15) is 4.79 Å². The van der Waals surface area contributed by atoms with E-state index >= 15 is 0 Å². The average Bonchev–Trinajstić information content (AvgIpc) is 3.15. The van der Waals surface area contributed by atoms with Crippen LogP contribution in [0.25, 0.3) is 10.9 Å². The summed E-state index contributed by atoms with van der Waals surface area (Å²) >= 11 is 0. The molecule has 0 radical (unpaired) electrons. The fourth-order valence-electron chi connectivity index (χ4n) is 3.25. The quantitative estimate of drug-likeness (QED) is 0.850. The lowest BCUT2D eigenvalue weighted by atomic mass is 10.1. The molecule has 0 saturated carbocycles. The largest absolute Gasteiger partial charge is 0.378 e. The highest BCUT2D eigenvalue weighted by atomic mass is 16.5. The van der Waals surface area contributed by atoms with Gasteiger partial charge in [-0.25, -0.2) is 0 Å². The molecule has 3 rings (SSSR count). The summed E-state index contributed by atoms with van der Waals surface area (Å²) in [6, 6.07) is 8.05. The number of carbonyl (C=O) groups is 1. The molecule has 0 bridgehead atoms. The molecule has 1 saturated heterocycles. The summed E-state index contributed by atoms with van der Waals surface area (Å²) < 4.78 is 7.65. The zero-order chi connectivity index (χ0) is 15.5. The Bertz CT molecular complexity index is 656. The molecule has 1 aromatic carbocycles. The Morgan fingerprint density at radius 2 is 2.23 bits per heavy atom. The predicted molar refractivity (Wildman–Crippen MR) is 88.1 cm³/mol. The molecular formula is C18H24N2O2. The summed E-state index contributed by atoms with van der Waals surface area (Å²) in [4.78, 5) is 14.5. The van der Waals surface area contributed by atoms with E-state index in [-0.39, 0.29) is 5.91 Å². The molecule has 0 spiro atoms. The Hall–Kier alpha value is -1.81. The van der Waals surface area contributed by atoms with Crippen LogP contribution in [0.1, 0.15) is 36.0 Å². The molecule has 22 heavy (non-hydrogen) atoms. The van der Waals surface area contributed by atoms with Gasteiger partial charge in [-0.1, -0.05) is 18.2 Å². The standard InChI is InChI=1S/C18H24N2O2/c1-19(11-5-7-14-8-6-12-22-14)18(21)16-13-20(2)17-10-4-3-9-15(16)17/h3-4,9-10,13-14H,5-8,11-12H2,1-2H3/t14-/m0/s1. The van der Waals surface area contributed by atoms with Crippen molar-refractivity contribution in [2.75, 3.05) is 20.2 Å². The summed E-state index contributed by atoms with van der Waals surface area (Å²) in [5.41, 5.74) is 1.89. The molecule has 4 heteroatoms. The number of nitrogens with zero attached hydrogens (tertiary/aromatic N) is 2. The third kappa shape index (κ3) is 3.02. The highest BCUT2D eigenvalue weighted by molar-refractivity contribution is 6.06. The highest BCUT2D eigenvalue weighted by Gasteiger charge is 2.19. The highest BCUT2D eigenvalue weighted by Crippen LogP contribution is 2.22. The minimum Gasteiger partial charge on any atom is -0.378 e. The summed E-state index contributed by atoms with van der Waals surface area (Å²) in [7, 11) is 3.87. The average molecular weight is 300 g/mol. The van der Waals surface area contributed by atoms with Gasteiger partial charge in [-0.05, 0) is 31.7 Å². The Morgan fingerprint density at radius 1 is 1.41 bits per heavy atom. The van der Waals surface area contributed by atoms with Crippen molar-refractivity contribution >= 4 is 16.8 Å². The van der Waals surface area contributed by atoms with Gasteiger partial charge < -0.3 is 14.2 Å². The van der Waals surface area contributed by atoms with Gasteiger partial charge in [-0.2, -0.15) is 0 Å². The van der Waals surface area contributed by atoms with Crippen LogP contribution in [0.2, 0.25) is 0 Å². The Kier molecular flexibility index (Phi) is 4.48. The van der Waals surface area contributed by atoms with Gasteiger partial charge in [0, 0.05) is 44.3 Å². The first-order chi connectivity index (χ1) is 10.7. The number of carbonyl (C=O) groups excluding carboxylic acids is 1. The van der Waals surface area contributed by atoms with Crippen LogP contribution in [-0.2, 0) is 11.8 Å². The topological polar surface area (TPSA) is 34.5 Å². The summed E-state index contributed by atoms with van der Waals surface area (Å²) in [6.07, 6.45) is 6.73. The number of benzene rings is 1. The van der Waals surface area contributed by atoms with Crippen LogP contribution in [-0.4, -0.2) is 41.7 Å². The number of rotatable bonds is 5. The maximum atomic E-state index is 12.7. The van der Waals surface area contributed by atoms with E-state index in [1.54, 1.807) is 0 Å². The SMILES string of the molecule is CN(CCC[C@H]1CCCO1)C(=O)c1cn(C)c2ccccc12. The second kappa shape index (κ2) is 6.53. The molecular weight excluding hydrogens is 276 g/mol. The number of hydrogen-bond donors (Lipinski definition) is 0. The van der Waals surface area contributed by atoms with Crippen molar-refractivity contribution in [3.8, 4) is 0 Å². The van der Waals surface area contributed by atoms with Gasteiger partial charge in [0.05, 0.1) is 11.7 Å². The summed E-state index contributed by atoms with van der Waals surface area (Å²) in [6.45, 7) is 1.68. The molecule has 2 aromatic rings. The molecule has 118 valence electrons. The molecule has 1 aliphatic heterocycles. The zero-order valence-electron chi connectivity index (χ0n) is 13.4. The molecule has 1 fully saturated rings. The van der Waals surface area contributed by atoms with Crippen molar-refractivity contribution in [1.82, 2.24) is 9.47 Å². The third-order valence-corrected chi connectivity index (χ3v) is 4.52. The third-order valence-electron chi connectivity index (χ3n) is 4.52. The van der Waals surface area contributed by atoms with Gasteiger partial charge in [0.15, 0.2) is 0 Å². The number of fused-ring (bicyclic) bond motifs is 1. The van der Waals surface area contributed by atoms with Crippen molar-refractivity contribution in [3.05, 3.63) is 36.0 Å². The Balaban J connectivity index is 1.64. The van der Waals surface area contributed by atoms with E-state index in [1.165, 1.54) is 12.8 Å². The number of amides is 1. The van der Waals surface area contributed by atoms with Crippen LogP contribution < -0.4 is 0 Å². The van der Waals surface area contributed by atoms with Gasteiger partial charge in [-0.15, -0.1) is 0 Å². The Morgan fingerprint density at radius 3 is 3.00 bits per heavy atom. The zero-order valence-corrected chi connectivity index (χ0v) is 13.4. The molecule has 1 aliphatic rings. The molecule has 2 heterocycles. The van der Waals surface area contributed by atoms with Crippen molar-refractivity contribution in [3.63, 3.8) is 0 Å². The van der Waals surface area contributed by atoms with Crippen molar-refractivity contribution in [1.29, 1.82) is 0 Å². The number of para-hydroxylation sites is 1. The predicted octanol–water partition coefficient (Wildman–Crippen LogP) is 3.21. The number of aromatic nitrogens is 1. The maximum Gasteiger partial charge on any atom is 0.255 e. The van der Waals surface area contributed by atoms with Crippen molar-refractivity contribution < 1.29 is 9.53 Å². The van der Waals surface area contributed by atoms with Gasteiger partial charge >= 0.3 is 0 Å². The lowest BCUT2D eigenvalue weighted by Gasteiger charge is -2.18. The van der Waals surface area contributed by atoms with E-state index in [4.69, 9.17) is 4.74 Å². The monoisotopic (exact) mass is 300 g/mol. The van der Waals surface area contributed by atoms with Crippen LogP contribution in [0.4, 0.5) is 0 Å². The van der Waals surface area contributed by atoms with Gasteiger partial charge in [0.1, 0.15) is 0 Å². The molecule has 4 nitrogen and oxygen atoms in total. The van der Waals surface area contributed by atoms with Crippen molar-refractivity contribution in [2.45, 2.75) is 31.8 Å². The van der Waals surface area contributed by atoms with Crippen LogP contribution in [0.3, 0.4) is 0 Å². The van der Waals surface area contributed by atoms with Crippen LogP contribution in [0, 0.1) is 0 Å². The number of hydrogen-bond acceptors (Lipinski definition) is 2. The molecule has 1 aromatic heterocycles. The minimum atomic E-state index is 0.101. The smallest absolute Gasteiger partial charge is 0.255 e. The van der Waals surface area contributed by atoms with E-state index in [2.05, 4.69) is 0 Å². The van der Waals surface area contributed by atoms with Gasteiger partial charge in [-0.3, -0.25) is 4.79 Å². The van der Waals surface area contributed by atoms with Gasteiger partial charge in [0.25, 0.3) is 5.91 Å². The fourth-order valence-corrected chi connectivity index (χ4v) is 3.25. The number of ether oxygens (including phenoxy) is 1. The lowest BCUT2D eigenvalue weighted by molar-refractivity contribution is 0.0764. The van der Waals surface area contributed by atoms with Gasteiger partial charge in [0.2, 0.25) is 0 Å². The summed E-state index contributed by atoms with van der Waals surface area (Å²) in [5.74, 6) is 0.101. The first kappa shape index (κ1) is 15.1. The molecule has 1 atom stereocenters. The van der Waals surface area contributed by atoms with E-state index in [0.29, 0.717) is 6.10 Å². The van der Waals surface area contributed by atoms with E-state index in [1.807, 2.05) is 54.0 Å².